The molecule has 2 aromatic heterocycles. The Bertz CT molecular complexity index is 2300. The van der Waals surface area contributed by atoms with E-state index in [1.54, 1.807) is 0 Å². The van der Waals surface area contributed by atoms with Gasteiger partial charge in [-0.3, -0.25) is 23.3 Å². The third-order valence-electron chi connectivity index (χ3n) is 7.04. The Labute approximate surface area is 342 Å². The molecule has 4 aromatic carbocycles. The summed E-state index contributed by atoms with van der Waals surface area (Å²) in [6, 6.07) is 22.4. The summed E-state index contributed by atoms with van der Waals surface area (Å²) in [7, 11) is 0. The highest BCUT2D eigenvalue weighted by molar-refractivity contribution is 8.24. The molecule has 0 aliphatic rings. The fraction of sp³-hybridized carbons (Fsp3) is 0.0811. The van der Waals surface area contributed by atoms with Crippen LogP contribution in [-0.2, 0) is 4.57 Å². The molecule has 1 N–H and O–H groups in total. The fourth-order valence-electron chi connectivity index (χ4n) is 4.75. The number of pyridine rings is 2. The number of alkyl halides is 6. The molecule has 0 radical (unpaired) electrons. The van der Waals surface area contributed by atoms with E-state index in [4.69, 9.17) is 11.6 Å². The average molecular weight is 918 g/mol. The quantitative estimate of drug-likeness (QED) is 0.132. The lowest BCUT2D eigenvalue weighted by molar-refractivity contribution is -0.275. The van der Waals surface area contributed by atoms with Crippen LogP contribution in [0.1, 0.15) is 7.43 Å². The maximum Gasteiger partial charge on any atom is 0.573 e. The van der Waals surface area contributed by atoms with Crippen LogP contribution in [0.5, 0.6) is 17.2 Å². The van der Waals surface area contributed by atoms with Gasteiger partial charge in [-0.1, -0.05) is 43.3 Å². The average Bonchev–Trinajstić information content (AvgIpc) is 3.09. The van der Waals surface area contributed by atoms with Gasteiger partial charge in [0.15, 0.2) is 0 Å². The molecule has 58 heavy (non-hydrogen) atoms. The molecule has 0 aliphatic heterocycles. The number of rotatable bonds is 6. The molecule has 21 heteroatoms. The van der Waals surface area contributed by atoms with Gasteiger partial charge in [0, 0.05) is 47.0 Å². The standard InChI is InChI=1S/C18H10ClF4NO2.C18H11F4NO3.CH4.Cl3OP/c19-16-9-17(25)24(10-15(16)11-1-3-12(20)4-2-11)13-5-7-14(8-6-13)26-18(21,22)23;19-12-3-1-11(2-4-12)15-10-23(17(25)9-16(15)24)13-5-7-14(8-6-13)26-18(20,21)22;;1-5(2,3)4/h1-10H;1-10,24H;1H4;. The predicted molar refractivity (Wildman–Crippen MR) is 207 cm³/mol. The van der Waals surface area contributed by atoms with Crippen LogP contribution in [0, 0.1) is 11.6 Å². The number of halogens is 12. The van der Waals surface area contributed by atoms with Crippen molar-refractivity contribution in [1.29, 1.82) is 0 Å². The molecule has 6 rings (SSSR count). The maximum atomic E-state index is 13.1. The third-order valence-corrected chi connectivity index (χ3v) is 7.36. The maximum absolute atomic E-state index is 13.1. The molecule has 8 nitrogen and oxygen atoms in total. The molecule has 2 heterocycles. The van der Waals surface area contributed by atoms with Crippen molar-refractivity contribution in [3.05, 3.63) is 159 Å². The molecular formula is C37H25Cl4F8N2O6P. The highest BCUT2D eigenvalue weighted by atomic mass is 36.0. The lowest BCUT2D eigenvalue weighted by Gasteiger charge is -2.12. The second-order valence-electron chi connectivity index (χ2n) is 11.0. The topological polar surface area (TPSA) is 99.8 Å². The third kappa shape index (κ3) is 14.7. The Hall–Kier alpha value is -4.99. The zero-order valence-electron chi connectivity index (χ0n) is 27.9. The molecule has 0 fully saturated rings. The molecule has 0 saturated carbocycles. The lowest BCUT2D eigenvalue weighted by atomic mass is 10.1. The summed E-state index contributed by atoms with van der Waals surface area (Å²) in [4.78, 5) is 24.3. The molecule has 0 spiro atoms. The van der Waals surface area contributed by atoms with Crippen LogP contribution in [0.25, 0.3) is 33.6 Å². The van der Waals surface area contributed by atoms with E-state index in [1.165, 1.54) is 95.8 Å². The zero-order valence-corrected chi connectivity index (χ0v) is 31.8. The first-order chi connectivity index (χ1) is 26.5. The molecular weight excluding hydrogens is 893 g/mol. The summed E-state index contributed by atoms with van der Waals surface area (Å²) in [5.74, 6) is -2.00. The van der Waals surface area contributed by atoms with E-state index < -0.39 is 52.2 Å². The van der Waals surface area contributed by atoms with Crippen LogP contribution in [0.15, 0.2) is 131 Å². The normalized spacial score (nSPS) is 11.2. The van der Waals surface area contributed by atoms with Gasteiger partial charge in [0.2, 0.25) is 0 Å². The Morgan fingerprint density at radius 3 is 1.26 bits per heavy atom. The van der Waals surface area contributed by atoms with E-state index in [2.05, 4.69) is 43.2 Å². The first-order valence-electron chi connectivity index (χ1n) is 15.3. The zero-order chi connectivity index (χ0) is 42.3. The molecule has 0 unspecified atom stereocenters. The van der Waals surface area contributed by atoms with Gasteiger partial charge >= 0.3 is 17.9 Å². The predicted octanol–water partition coefficient (Wildman–Crippen LogP) is 12.9. The molecule has 0 bridgehead atoms. The molecule has 0 atom stereocenters. The van der Waals surface area contributed by atoms with E-state index in [9.17, 15) is 54.4 Å². The van der Waals surface area contributed by atoms with Crippen molar-refractivity contribution in [3.63, 3.8) is 0 Å². The molecule has 0 saturated heterocycles. The number of hydrogen-bond donors (Lipinski definition) is 1. The lowest BCUT2D eigenvalue weighted by Crippen LogP contribution is -2.18. The van der Waals surface area contributed by atoms with Crippen LogP contribution in [0.2, 0.25) is 5.02 Å². The number of aromatic hydroxyl groups is 1. The Morgan fingerprint density at radius 2 is 0.897 bits per heavy atom. The number of ether oxygens (including phenoxy) is 2. The molecule has 6 aromatic rings. The summed E-state index contributed by atoms with van der Waals surface area (Å²) < 4.78 is 119. The van der Waals surface area contributed by atoms with Crippen LogP contribution in [-0.4, -0.2) is 27.0 Å². The summed E-state index contributed by atoms with van der Waals surface area (Å²) in [5.41, 5.74) is 1.33. The van der Waals surface area contributed by atoms with Crippen LogP contribution in [0.4, 0.5) is 35.1 Å². The van der Waals surface area contributed by atoms with E-state index in [0.717, 1.165) is 34.9 Å². The monoisotopic (exact) mass is 916 g/mol. The van der Waals surface area contributed by atoms with E-state index in [1.807, 2.05) is 0 Å². The first kappa shape index (κ1) is 47.4. The van der Waals surface area contributed by atoms with E-state index in [-0.39, 0.29) is 29.4 Å². The Balaban J connectivity index is 0.000000274. The second-order valence-corrected chi connectivity index (χ2v) is 18.1. The van der Waals surface area contributed by atoms with Crippen molar-refractivity contribution < 1.29 is 54.3 Å². The minimum absolute atomic E-state index is 0. The second kappa shape index (κ2) is 19.6. The smallest absolute Gasteiger partial charge is 0.507 e. The van der Waals surface area contributed by atoms with Gasteiger partial charge < -0.3 is 14.6 Å². The minimum atomic E-state index is -4.81. The fourth-order valence-corrected chi connectivity index (χ4v) is 5.00. The minimum Gasteiger partial charge on any atom is -0.507 e. The Kier molecular flexibility index (Phi) is 16.0. The van der Waals surface area contributed by atoms with Crippen LogP contribution >= 0.6 is 50.5 Å². The molecule has 0 amide bonds. The van der Waals surface area contributed by atoms with E-state index >= 15 is 0 Å². The van der Waals surface area contributed by atoms with Gasteiger partial charge in [-0.25, -0.2) is 8.78 Å². The molecule has 0 aliphatic carbocycles. The highest BCUT2D eigenvalue weighted by Crippen LogP contribution is 2.61. The van der Waals surface area contributed by atoms with Crippen LogP contribution in [0.3, 0.4) is 0 Å². The SMILES string of the molecule is C.O=P(Cl)(Cl)Cl.O=c1cc(Cl)c(-c2ccc(F)cc2)cn1-c1ccc(OC(F)(F)F)cc1.O=c1cc(O)c(-c2ccc(F)cc2)cn1-c1ccc(OC(F)(F)F)cc1. The summed E-state index contributed by atoms with van der Waals surface area (Å²) >= 11 is 20.0. The van der Waals surface area contributed by atoms with Crippen molar-refractivity contribution >= 4 is 50.5 Å². The number of aromatic nitrogens is 2. The van der Waals surface area contributed by atoms with Gasteiger partial charge in [-0.05, 0) is 118 Å². The highest BCUT2D eigenvalue weighted by Gasteiger charge is 2.31. The first-order valence-corrected chi connectivity index (χ1v) is 20.1. The Morgan fingerprint density at radius 1 is 0.569 bits per heavy atom. The van der Waals surface area contributed by atoms with Gasteiger partial charge in [0.1, 0.15) is 28.9 Å². The van der Waals surface area contributed by atoms with Crippen molar-refractivity contribution in [2.45, 2.75) is 20.2 Å². The van der Waals surface area contributed by atoms with Crippen molar-refractivity contribution in [3.8, 4) is 50.9 Å². The summed E-state index contributed by atoms with van der Waals surface area (Å²) in [6.07, 6.45) is -6.84. The van der Waals surface area contributed by atoms with Crippen molar-refractivity contribution in [2.24, 2.45) is 0 Å². The van der Waals surface area contributed by atoms with Crippen LogP contribution < -0.4 is 20.6 Å². The summed E-state index contributed by atoms with van der Waals surface area (Å²) in [5, 5.41) is 6.96. The van der Waals surface area contributed by atoms with Gasteiger partial charge in [-0.15, -0.1) is 26.3 Å². The van der Waals surface area contributed by atoms with Gasteiger partial charge in [-0.2, -0.15) is 0 Å². The largest absolute Gasteiger partial charge is 0.573 e. The van der Waals surface area contributed by atoms with E-state index in [0.29, 0.717) is 22.4 Å². The molecule has 308 valence electrons. The number of hydrogen-bond acceptors (Lipinski definition) is 6. The number of nitrogens with zero attached hydrogens (tertiary/aromatic N) is 2. The van der Waals surface area contributed by atoms with Gasteiger partial charge in [0.25, 0.3) is 11.1 Å². The number of benzene rings is 4. The van der Waals surface area contributed by atoms with Gasteiger partial charge in [0.05, 0.1) is 5.02 Å². The summed E-state index contributed by atoms with van der Waals surface area (Å²) in [6.45, 7) is 0. The van der Waals surface area contributed by atoms with Crippen molar-refractivity contribution in [1.82, 2.24) is 9.13 Å². The van der Waals surface area contributed by atoms with Crippen molar-refractivity contribution in [2.75, 3.05) is 0 Å².